The van der Waals surface area contributed by atoms with Crippen LogP contribution in [-0.2, 0) is 5.41 Å². The summed E-state index contributed by atoms with van der Waals surface area (Å²) in [6, 6.07) is 25.1. The fraction of sp³-hybridized carbons (Fsp3) is 0.174. The second-order valence-corrected chi connectivity index (χ2v) is 8.48. The van der Waals surface area contributed by atoms with Crippen molar-refractivity contribution in [2.45, 2.75) is 24.6 Å². The van der Waals surface area contributed by atoms with Gasteiger partial charge in [-0.15, -0.1) is 0 Å². The maximum absolute atomic E-state index is 6.25. The van der Waals surface area contributed by atoms with Gasteiger partial charge in [-0.05, 0) is 17.7 Å². The minimum Gasteiger partial charge on any atom is -0.457 e. The summed E-state index contributed by atoms with van der Waals surface area (Å²) in [6.07, 6.45) is 0. The van der Waals surface area contributed by atoms with E-state index in [9.17, 15) is 0 Å². The first-order valence-electron chi connectivity index (χ1n) is 9.10. The van der Waals surface area contributed by atoms with Crippen LogP contribution >= 0.6 is 11.8 Å². The smallest absolute Gasteiger partial charge is 0.131 e. The van der Waals surface area contributed by atoms with Crippen LogP contribution in [-0.4, -0.2) is 5.04 Å². The Labute approximate surface area is 163 Å². The molecule has 0 fully saturated rings. The lowest BCUT2D eigenvalue weighted by atomic mass is 9.75. The largest absolute Gasteiger partial charge is 0.457 e. The molecule has 1 unspecified atom stereocenters. The Kier molecular flexibility index (Phi) is 3.76. The van der Waals surface area contributed by atoms with Crippen molar-refractivity contribution in [2.75, 3.05) is 0 Å². The Morgan fingerprint density at radius 3 is 2.48 bits per heavy atom. The summed E-state index contributed by atoms with van der Waals surface area (Å²) in [5, 5.41) is 5.64. The fourth-order valence-electron chi connectivity index (χ4n) is 3.78. The molecule has 0 spiro atoms. The summed E-state index contributed by atoms with van der Waals surface area (Å²) in [5.41, 5.74) is 7.94. The molecule has 1 atom stereocenters. The quantitative estimate of drug-likeness (QED) is 0.616. The Morgan fingerprint density at radius 1 is 0.889 bits per heavy atom. The molecule has 2 aliphatic rings. The third-order valence-electron chi connectivity index (χ3n) is 5.30. The standard InChI is InChI=1S/C23H20N2OS/c1-23(2)17-10-6-7-11-19(17)26-20-14-16(12-13-18(20)23)22-25-24-21(27-22)15-8-4-3-5-9-15/h3-14,22,25H,1-2H3. The van der Waals surface area contributed by atoms with Gasteiger partial charge in [0.1, 0.15) is 21.9 Å². The highest BCUT2D eigenvalue weighted by Gasteiger charge is 2.34. The van der Waals surface area contributed by atoms with E-state index in [4.69, 9.17) is 4.74 Å². The average Bonchev–Trinajstić information content (AvgIpc) is 3.19. The van der Waals surface area contributed by atoms with E-state index in [0.29, 0.717) is 0 Å². The molecule has 0 aliphatic carbocycles. The van der Waals surface area contributed by atoms with E-state index >= 15 is 0 Å². The molecule has 0 bridgehead atoms. The van der Waals surface area contributed by atoms with Gasteiger partial charge in [-0.1, -0.05) is 86.3 Å². The molecule has 0 radical (unpaired) electrons. The zero-order valence-electron chi connectivity index (χ0n) is 15.3. The van der Waals surface area contributed by atoms with Gasteiger partial charge in [-0.2, -0.15) is 5.10 Å². The molecule has 0 saturated carbocycles. The number of hydrazone groups is 1. The molecule has 3 aromatic carbocycles. The molecular formula is C23H20N2OS. The maximum Gasteiger partial charge on any atom is 0.131 e. The summed E-state index contributed by atoms with van der Waals surface area (Å²) in [7, 11) is 0. The van der Waals surface area contributed by atoms with E-state index in [0.717, 1.165) is 22.1 Å². The Bertz CT molecular complexity index is 1040. The molecule has 1 N–H and O–H groups in total. The highest BCUT2D eigenvalue weighted by Crippen LogP contribution is 2.49. The molecule has 5 rings (SSSR count). The lowest BCUT2D eigenvalue weighted by Crippen LogP contribution is -2.24. The number of benzene rings is 3. The first-order chi connectivity index (χ1) is 13.1. The highest BCUT2D eigenvalue weighted by molar-refractivity contribution is 8.14. The van der Waals surface area contributed by atoms with Crippen LogP contribution in [0.1, 0.15) is 41.5 Å². The summed E-state index contributed by atoms with van der Waals surface area (Å²) in [4.78, 5) is 0. The van der Waals surface area contributed by atoms with Crippen molar-refractivity contribution in [2.24, 2.45) is 5.10 Å². The lowest BCUT2D eigenvalue weighted by molar-refractivity contribution is 0.417. The predicted octanol–water partition coefficient (Wildman–Crippen LogP) is 5.82. The van der Waals surface area contributed by atoms with Gasteiger partial charge in [0.25, 0.3) is 0 Å². The summed E-state index contributed by atoms with van der Waals surface area (Å²) in [6.45, 7) is 4.51. The average molecular weight is 372 g/mol. The predicted molar refractivity (Wildman–Crippen MR) is 112 cm³/mol. The molecule has 4 heteroatoms. The van der Waals surface area contributed by atoms with Crippen molar-refractivity contribution in [3.05, 3.63) is 95.1 Å². The van der Waals surface area contributed by atoms with Crippen LogP contribution in [0, 0.1) is 0 Å². The Hall–Kier alpha value is -2.72. The number of nitrogens with zero attached hydrogens (tertiary/aromatic N) is 1. The third kappa shape index (κ3) is 2.72. The molecule has 2 heterocycles. The van der Waals surface area contributed by atoms with Gasteiger partial charge >= 0.3 is 0 Å². The zero-order chi connectivity index (χ0) is 18.4. The number of hydrogen-bond acceptors (Lipinski definition) is 4. The number of thioether (sulfide) groups is 1. The molecule has 3 aromatic rings. The first-order valence-corrected chi connectivity index (χ1v) is 9.98. The number of fused-ring (bicyclic) bond motifs is 2. The Morgan fingerprint density at radius 2 is 1.63 bits per heavy atom. The fourth-order valence-corrected chi connectivity index (χ4v) is 4.76. The monoisotopic (exact) mass is 372 g/mol. The molecule has 0 aromatic heterocycles. The van der Waals surface area contributed by atoms with Gasteiger partial charge < -0.3 is 4.74 Å². The molecule has 0 saturated heterocycles. The van der Waals surface area contributed by atoms with Crippen molar-refractivity contribution in [3.8, 4) is 11.5 Å². The third-order valence-corrected chi connectivity index (χ3v) is 6.46. The Balaban J connectivity index is 1.45. The number of para-hydroxylation sites is 1. The summed E-state index contributed by atoms with van der Waals surface area (Å²) < 4.78 is 6.25. The van der Waals surface area contributed by atoms with Crippen LogP contribution in [0.15, 0.2) is 77.9 Å². The van der Waals surface area contributed by atoms with Crippen molar-refractivity contribution in [1.29, 1.82) is 0 Å². The molecular weight excluding hydrogens is 352 g/mol. The van der Waals surface area contributed by atoms with Crippen LogP contribution in [0.5, 0.6) is 11.5 Å². The van der Waals surface area contributed by atoms with Gasteiger partial charge in [0, 0.05) is 22.1 Å². The van der Waals surface area contributed by atoms with E-state index in [1.807, 2.05) is 30.3 Å². The van der Waals surface area contributed by atoms with Gasteiger partial charge in [0.15, 0.2) is 0 Å². The molecule has 0 amide bonds. The van der Waals surface area contributed by atoms with E-state index in [1.165, 1.54) is 16.7 Å². The van der Waals surface area contributed by atoms with Crippen LogP contribution in [0.4, 0.5) is 0 Å². The zero-order valence-corrected chi connectivity index (χ0v) is 16.1. The van der Waals surface area contributed by atoms with Crippen LogP contribution in [0.25, 0.3) is 0 Å². The number of nitrogens with one attached hydrogen (secondary N) is 1. The van der Waals surface area contributed by atoms with Crippen molar-refractivity contribution >= 4 is 16.8 Å². The van der Waals surface area contributed by atoms with E-state index in [-0.39, 0.29) is 10.8 Å². The van der Waals surface area contributed by atoms with E-state index < -0.39 is 0 Å². The second kappa shape index (κ2) is 6.17. The van der Waals surface area contributed by atoms with Crippen LogP contribution in [0.3, 0.4) is 0 Å². The topological polar surface area (TPSA) is 33.6 Å². The van der Waals surface area contributed by atoms with E-state index in [1.54, 1.807) is 11.8 Å². The van der Waals surface area contributed by atoms with Crippen LogP contribution in [0.2, 0.25) is 0 Å². The SMILES string of the molecule is CC1(C)c2ccccc2Oc2cc(C3NN=C(c4ccccc4)S3)ccc21. The number of ether oxygens (including phenoxy) is 1. The van der Waals surface area contributed by atoms with Crippen LogP contribution < -0.4 is 10.2 Å². The van der Waals surface area contributed by atoms with Gasteiger partial charge in [0.05, 0.1) is 0 Å². The molecule has 134 valence electrons. The van der Waals surface area contributed by atoms with Gasteiger partial charge in [-0.25, -0.2) is 0 Å². The summed E-state index contributed by atoms with van der Waals surface area (Å²) >= 11 is 1.74. The van der Waals surface area contributed by atoms with Crippen molar-refractivity contribution < 1.29 is 4.74 Å². The first kappa shape index (κ1) is 16.5. The minimum absolute atomic E-state index is 0.0787. The summed E-state index contributed by atoms with van der Waals surface area (Å²) in [5.74, 6) is 1.88. The molecule has 3 nitrogen and oxygen atoms in total. The number of hydrogen-bond donors (Lipinski definition) is 1. The number of rotatable bonds is 2. The van der Waals surface area contributed by atoms with Crippen molar-refractivity contribution in [1.82, 2.24) is 5.43 Å². The normalized spacial score (nSPS) is 19.3. The minimum atomic E-state index is -0.0787. The van der Waals surface area contributed by atoms with Gasteiger partial charge in [-0.3, -0.25) is 5.43 Å². The van der Waals surface area contributed by atoms with Crippen molar-refractivity contribution in [3.63, 3.8) is 0 Å². The second-order valence-electron chi connectivity index (χ2n) is 7.39. The maximum atomic E-state index is 6.25. The molecule has 2 aliphatic heterocycles. The lowest BCUT2D eigenvalue weighted by Gasteiger charge is -2.34. The molecule has 27 heavy (non-hydrogen) atoms. The van der Waals surface area contributed by atoms with E-state index in [2.05, 4.69) is 66.8 Å². The highest BCUT2D eigenvalue weighted by atomic mass is 32.2. The van der Waals surface area contributed by atoms with Gasteiger partial charge in [0.2, 0.25) is 0 Å².